The molecule has 0 saturated carbocycles. The van der Waals surface area contributed by atoms with Crippen LogP contribution in [0.1, 0.15) is 21.5 Å². The minimum absolute atomic E-state index is 0.361. The zero-order chi connectivity index (χ0) is 19.5. The van der Waals surface area contributed by atoms with Gasteiger partial charge in [-0.1, -0.05) is 29.8 Å². The molecule has 0 radical (unpaired) electrons. The molecule has 0 aliphatic heterocycles. The number of aromatic nitrogens is 2. The lowest BCUT2D eigenvalue weighted by Gasteiger charge is -2.09. The number of rotatable bonds is 5. The van der Waals surface area contributed by atoms with E-state index in [4.69, 9.17) is 4.74 Å². The minimum atomic E-state index is -0.361. The van der Waals surface area contributed by atoms with Crippen molar-refractivity contribution in [2.24, 2.45) is 0 Å². The van der Waals surface area contributed by atoms with Crippen molar-refractivity contribution in [3.63, 3.8) is 0 Å². The predicted octanol–water partition coefficient (Wildman–Crippen LogP) is 4.73. The first-order chi connectivity index (χ1) is 13.6. The first-order valence-corrected chi connectivity index (χ1v) is 9.09. The van der Waals surface area contributed by atoms with E-state index in [0.29, 0.717) is 5.56 Å². The quantitative estimate of drug-likeness (QED) is 0.515. The van der Waals surface area contributed by atoms with Crippen molar-refractivity contribution in [1.29, 1.82) is 0 Å². The van der Waals surface area contributed by atoms with E-state index >= 15 is 0 Å². The van der Waals surface area contributed by atoms with Gasteiger partial charge >= 0.3 is 5.97 Å². The highest BCUT2D eigenvalue weighted by atomic mass is 16.5. The molecule has 0 unspecified atom stereocenters. The summed E-state index contributed by atoms with van der Waals surface area (Å²) in [6, 6.07) is 22.1. The summed E-state index contributed by atoms with van der Waals surface area (Å²) in [5.74, 6) is -0.361. The average molecular weight is 371 g/mol. The van der Waals surface area contributed by atoms with Crippen LogP contribution in [0.5, 0.6) is 0 Å². The van der Waals surface area contributed by atoms with Crippen LogP contribution in [0.3, 0.4) is 0 Å². The molecule has 4 rings (SSSR count). The molecule has 28 heavy (non-hydrogen) atoms. The Hall–Kier alpha value is -3.60. The zero-order valence-electron chi connectivity index (χ0n) is 15.8. The lowest BCUT2D eigenvalue weighted by molar-refractivity contribution is 0.0601. The van der Waals surface area contributed by atoms with E-state index in [0.717, 1.165) is 29.0 Å². The lowest BCUT2D eigenvalue weighted by atomic mass is 10.1. The molecular formula is C23H21N3O2. The second-order valence-corrected chi connectivity index (χ2v) is 6.70. The number of carbonyl (C=O) groups is 1. The molecule has 0 aliphatic rings. The number of nitrogens with zero attached hydrogens (tertiary/aromatic N) is 2. The Balaban J connectivity index is 1.53. The van der Waals surface area contributed by atoms with E-state index in [1.807, 2.05) is 22.8 Å². The fourth-order valence-corrected chi connectivity index (χ4v) is 3.23. The molecule has 0 aliphatic carbocycles. The number of nitrogens with one attached hydrogen (secondary N) is 1. The van der Waals surface area contributed by atoms with Crippen LogP contribution in [-0.4, -0.2) is 22.6 Å². The fraction of sp³-hybridized carbons (Fsp3) is 0.130. The maximum absolute atomic E-state index is 11.7. The van der Waals surface area contributed by atoms with Gasteiger partial charge in [0.2, 0.25) is 0 Å². The average Bonchev–Trinajstić information content (AvgIpc) is 3.15. The topological polar surface area (TPSA) is 56.1 Å². The standard InChI is InChI=1S/C23H21N3O2/c1-16-4-3-5-17(12-16)14-24-19-7-9-20(10-8-19)26-15-25-21-13-18(23(27)28-2)6-11-22(21)26/h3-13,15,24H,14H2,1-2H3. The van der Waals surface area contributed by atoms with Gasteiger partial charge in [-0.15, -0.1) is 0 Å². The Morgan fingerprint density at radius 1 is 1.07 bits per heavy atom. The van der Waals surface area contributed by atoms with Gasteiger partial charge in [0.25, 0.3) is 0 Å². The maximum Gasteiger partial charge on any atom is 0.337 e. The van der Waals surface area contributed by atoms with E-state index in [1.165, 1.54) is 18.2 Å². The molecule has 0 fully saturated rings. The summed E-state index contributed by atoms with van der Waals surface area (Å²) in [4.78, 5) is 16.1. The van der Waals surface area contributed by atoms with Crippen LogP contribution < -0.4 is 5.32 Å². The summed E-state index contributed by atoms with van der Waals surface area (Å²) in [7, 11) is 1.37. The number of benzene rings is 3. The summed E-state index contributed by atoms with van der Waals surface area (Å²) >= 11 is 0. The number of fused-ring (bicyclic) bond motifs is 1. The van der Waals surface area contributed by atoms with E-state index in [1.54, 1.807) is 18.5 Å². The van der Waals surface area contributed by atoms with Crippen molar-refractivity contribution in [1.82, 2.24) is 9.55 Å². The van der Waals surface area contributed by atoms with Gasteiger partial charge in [-0.3, -0.25) is 4.57 Å². The summed E-state index contributed by atoms with van der Waals surface area (Å²) in [6.07, 6.45) is 1.76. The van der Waals surface area contributed by atoms with Gasteiger partial charge in [0, 0.05) is 17.9 Å². The Bertz CT molecular complexity index is 1130. The number of anilines is 1. The van der Waals surface area contributed by atoms with Gasteiger partial charge in [-0.05, 0) is 55.0 Å². The summed E-state index contributed by atoms with van der Waals surface area (Å²) in [5, 5.41) is 3.45. The van der Waals surface area contributed by atoms with Crippen LogP contribution in [0, 0.1) is 6.92 Å². The lowest BCUT2D eigenvalue weighted by Crippen LogP contribution is -2.01. The summed E-state index contributed by atoms with van der Waals surface area (Å²) in [6.45, 7) is 2.88. The summed E-state index contributed by atoms with van der Waals surface area (Å²) < 4.78 is 6.77. The van der Waals surface area contributed by atoms with Crippen molar-refractivity contribution in [3.8, 4) is 5.69 Å². The number of hydrogen-bond donors (Lipinski definition) is 1. The molecule has 0 atom stereocenters. The molecule has 0 spiro atoms. The number of hydrogen-bond acceptors (Lipinski definition) is 4. The van der Waals surface area contributed by atoms with E-state index in [2.05, 4.69) is 53.6 Å². The number of esters is 1. The van der Waals surface area contributed by atoms with Gasteiger partial charge in [-0.25, -0.2) is 9.78 Å². The van der Waals surface area contributed by atoms with Crippen molar-refractivity contribution >= 4 is 22.7 Å². The van der Waals surface area contributed by atoms with Gasteiger partial charge in [0.15, 0.2) is 0 Å². The van der Waals surface area contributed by atoms with Gasteiger partial charge in [0.1, 0.15) is 6.33 Å². The molecule has 140 valence electrons. The maximum atomic E-state index is 11.7. The van der Waals surface area contributed by atoms with Gasteiger partial charge in [-0.2, -0.15) is 0 Å². The van der Waals surface area contributed by atoms with Gasteiger partial charge in [0.05, 0.1) is 23.7 Å². The smallest absolute Gasteiger partial charge is 0.337 e. The Morgan fingerprint density at radius 2 is 1.89 bits per heavy atom. The molecule has 1 N–H and O–H groups in total. The van der Waals surface area contributed by atoms with Crippen molar-refractivity contribution < 1.29 is 9.53 Å². The number of methoxy groups -OCH3 is 1. The fourth-order valence-electron chi connectivity index (χ4n) is 3.23. The second kappa shape index (κ2) is 7.56. The number of imidazole rings is 1. The van der Waals surface area contributed by atoms with Crippen molar-refractivity contribution in [3.05, 3.63) is 89.7 Å². The minimum Gasteiger partial charge on any atom is -0.465 e. The normalized spacial score (nSPS) is 10.8. The van der Waals surface area contributed by atoms with E-state index in [-0.39, 0.29) is 5.97 Å². The van der Waals surface area contributed by atoms with Crippen LogP contribution in [0.15, 0.2) is 73.1 Å². The molecule has 1 aromatic heterocycles. The third-order valence-corrected chi connectivity index (χ3v) is 4.69. The highest BCUT2D eigenvalue weighted by Gasteiger charge is 2.10. The predicted molar refractivity (Wildman–Crippen MR) is 111 cm³/mol. The summed E-state index contributed by atoms with van der Waals surface area (Å²) in [5.41, 5.74) is 6.77. The molecule has 0 saturated heterocycles. The monoisotopic (exact) mass is 371 g/mol. The van der Waals surface area contributed by atoms with Crippen LogP contribution in [0.25, 0.3) is 16.7 Å². The zero-order valence-corrected chi connectivity index (χ0v) is 15.8. The van der Waals surface area contributed by atoms with Crippen molar-refractivity contribution in [2.75, 3.05) is 12.4 Å². The molecule has 1 heterocycles. The molecule has 4 aromatic rings. The highest BCUT2D eigenvalue weighted by molar-refractivity contribution is 5.93. The first-order valence-electron chi connectivity index (χ1n) is 9.09. The third-order valence-electron chi connectivity index (χ3n) is 4.69. The largest absolute Gasteiger partial charge is 0.465 e. The van der Waals surface area contributed by atoms with Crippen molar-refractivity contribution in [2.45, 2.75) is 13.5 Å². The van der Waals surface area contributed by atoms with Crippen LogP contribution in [0.4, 0.5) is 5.69 Å². The SMILES string of the molecule is COC(=O)c1ccc2c(c1)ncn2-c1ccc(NCc2cccc(C)c2)cc1. The molecule has 5 nitrogen and oxygen atoms in total. The van der Waals surface area contributed by atoms with Gasteiger partial charge < -0.3 is 10.1 Å². The van der Waals surface area contributed by atoms with Crippen LogP contribution in [0.2, 0.25) is 0 Å². The Kier molecular flexibility index (Phi) is 4.81. The Morgan fingerprint density at radius 3 is 2.64 bits per heavy atom. The molecule has 3 aromatic carbocycles. The van der Waals surface area contributed by atoms with E-state index in [9.17, 15) is 4.79 Å². The second-order valence-electron chi connectivity index (χ2n) is 6.70. The molecular weight excluding hydrogens is 350 g/mol. The molecule has 5 heteroatoms. The molecule has 0 bridgehead atoms. The number of aryl methyl sites for hydroxylation is 1. The van der Waals surface area contributed by atoms with Crippen LogP contribution in [-0.2, 0) is 11.3 Å². The van der Waals surface area contributed by atoms with E-state index < -0.39 is 0 Å². The van der Waals surface area contributed by atoms with Crippen LogP contribution >= 0.6 is 0 Å². The number of carbonyl (C=O) groups excluding carboxylic acids is 1. The number of ether oxygens (including phenoxy) is 1. The molecule has 0 amide bonds. The third kappa shape index (κ3) is 3.60. The highest BCUT2D eigenvalue weighted by Crippen LogP contribution is 2.21. The first kappa shape index (κ1) is 17.8. The Labute approximate surface area is 163 Å².